The van der Waals surface area contributed by atoms with Gasteiger partial charge in [0.25, 0.3) is 0 Å². The highest BCUT2D eigenvalue weighted by molar-refractivity contribution is 5.62. The second-order valence-corrected chi connectivity index (χ2v) is 8.78. The number of likely N-dealkylation sites (tertiary alicyclic amines) is 1. The molecule has 1 aromatic rings. The summed E-state index contributed by atoms with van der Waals surface area (Å²) in [5, 5.41) is 0. The minimum absolute atomic E-state index is 0.0159. The van der Waals surface area contributed by atoms with Gasteiger partial charge in [-0.2, -0.15) is 0 Å². The molecule has 4 atom stereocenters. The zero-order valence-electron chi connectivity index (χ0n) is 15.7. The molecule has 0 amide bonds. The number of benzene rings is 1. The first-order valence-corrected chi connectivity index (χ1v) is 10.1. The molecule has 0 radical (unpaired) electrons. The minimum Gasteiger partial charge on any atom is -0.497 e. The Labute approximate surface area is 155 Å². The fraction of sp³-hybridized carbons (Fsp3) is 0.636. The van der Waals surface area contributed by atoms with Crippen LogP contribution in [-0.4, -0.2) is 44.4 Å². The van der Waals surface area contributed by atoms with Gasteiger partial charge >= 0.3 is 0 Å². The fourth-order valence-electron chi connectivity index (χ4n) is 6.41. The maximum absolute atomic E-state index is 6.60. The molecule has 4 heteroatoms. The monoisotopic (exact) mass is 353 g/mol. The van der Waals surface area contributed by atoms with Crippen molar-refractivity contribution >= 4 is 0 Å². The first kappa shape index (κ1) is 15.4. The molecule has 5 aliphatic rings. The van der Waals surface area contributed by atoms with Crippen LogP contribution in [0.3, 0.4) is 0 Å². The van der Waals surface area contributed by atoms with Crippen LogP contribution in [0.1, 0.15) is 36.8 Å². The zero-order chi connectivity index (χ0) is 17.5. The lowest BCUT2D eigenvalue weighted by Crippen LogP contribution is -2.64. The Bertz CT molecular complexity index is 799. The van der Waals surface area contributed by atoms with Gasteiger partial charge in [0.05, 0.1) is 14.2 Å². The predicted molar refractivity (Wildman–Crippen MR) is 98.7 cm³/mol. The van der Waals surface area contributed by atoms with Crippen LogP contribution in [0.4, 0.5) is 0 Å². The SMILES string of the molecule is COC1=CC[C@@H]2C3Cc4ccc(OC)c5c4[C@]2(CCN3CC2CC2)[C@@H]1O5. The third-order valence-corrected chi connectivity index (χ3v) is 7.69. The molecular formula is C22H27NO3. The number of nitrogens with zero attached hydrogens (tertiary/aromatic N) is 1. The highest BCUT2D eigenvalue weighted by atomic mass is 16.6. The van der Waals surface area contributed by atoms with Crippen molar-refractivity contribution < 1.29 is 14.2 Å². The molecule has 1 saturated carbocycles. The molecule has 2 aliphatic heterocycles. The molecule has 2 fully saturated rings. The summed E-state index contributed by atoms with van der Waals surface area (Å²) in [5.41, 5.74) is 2.99. The average molecular weight is 353 g/mol. The Hall–Kier alpha value is -1.68. The van der Waals surface area contributed by atoms with Crippen molar-refractivity contribution in [2.24, 2.45) is 11.8 Å². The lowest BCUT2D eigenvalue weighted by atomic mass is 9.53. The van der Waals surface area contributed by atoms with Crippen LogP contribution in [0.5, 0.6) is 11.5 Å². The van der Waals surface area contributed by atoms with Gasteiger partial charge in [-0.15, -0.1) is 0 Å². The van der Waals surface area contributed by atoms with E-state index in [4.69, 9.17) is 14.2 Å². The Kier molecular flexibility index (Phi) is 3.07. The molecule has 0 aromatic heterocycles. The molecule has 1 saturated heterocycles. The summed E-state index contributed by atoms with van der Waals surface area (Å²) in [7, 11) is 3.53. The number of hydrogen-bond donors (Lipinski definition) is 0. The Balaban J connectivity index is 1.53. The van der Waals surface area contributed by atoms with E-state index in [-0.39, 0.29) is 11.5 Å². The zero-order valence-corrected chi connectivity index (χ0v) is 15.7. The van der Waals surface area contributed by atoms with Gasteiger partial charge in [-0.1, -0.05) is 6.07 Å². The molecule has 4 nitrogen and oxygen atoms in total. The lowest BCUT2D eigenvalue weighted by Gasteiger charge is -2.57. The molecule has 2 heterocycles. The molecular weight excluding hydrogens is 326 g/mol. The van der Waals surface area contributed by atoms with Gasteiger partial charge in [-0.25, -0.2) is 0 Å². The smallest absolute Gasteiger partial charge is 0.166 e. The Morgan fingerprint density at radius 2 is 2.12 bits per heavy atom. The van der Waals surface area contributed by atoms with E-state index in [1.54, 1.807) is 14.2 Å². The molecule has 0 N–H and O–H groups in total. The molecule has 1 spiro atoms. The normalized spacial score (nSPS) is 36.8. The molecule has 138 valence electrons. The predicted octanol–water partition coefficient (Wildman–Crippen LogP) is 3.28. The maximum atomic E-state index is 6.60. The summed E-state index contributed by atoms with van der Waals surface area (Å²) < 4.78 is 18.1. The molecule has 3 aliphatic carbocycles. The van der Waals surface area contributed by atoms with Gasteiger partial charge in [0.1, 0.15) is 5.76 Å². The van der Waals surface area contributed by atoms with E-state index < -0.39 is 0 Å². The van der Waals surface area contributed by atoms with Crippen molar-refractivity contribution in [2.75, 3.05) is 27.3 Å². The maximum Gasteiger partial charge on any atom is 0.166 e. The first-order valence-electron chi connectivity index (χ1n) is 10.1. The van der Waals surface area contributed by atoms with Gasteiger partial charge in [0.15, 0.2) is 17.6 Å². The Morgan fingerprint density at radius 3 is 2.88 bits per heavy atom. The first-order chi connectivity index (χ1) is 12.8. The van der Waals surface area contributed by atoms with Gasteiger partial charge in [0.2, 0.25) is 0 Å². The standard InChI is InChI=1S/C22H27NO3/c1-24-17-7-5-14-11-16-15-6-8-18(25-2)21-22(15,19(14)20(17)26-21)9-10-23(16)12-13-3-4-13/h5,7-8,13,15-16,21H,3-4,6,9-12H2,1-2H3/t15-,16?,21-,22-/m1/s1. The van der Waals surface area contributed by atoms with Crippen molar-refractivity contribution in [3.05, 3.63) is 35.1 Å². The second-order valence-electron chi connectivity index (χ2n) is 8.78. The molecule has 26 heavy (non-hydrogen) atoms. The van der Waals surface area contributed by atoms with Crippen LogP contribution >= 0.6 is 0 Å². The third-order valence-electron chi connectivity index (χ3n) is 7.69. The summed E-state index contributed by atoms with van der Waals surface area (Å²) in [6.45, 7) is 2.48. The van der Waals surface area contributed by atoms with Crippen molar-refractivity contribution in [2.45, 2.75) is 49.7 Å². The van der Waals surface area contributed by atoms with Crippen LogP contribution in [-0.2, 0) is 16.6 Å². The van der Waals surface area contributed by atoms with Gasteiger partial charge < -0.3 is 14.2 Å². The van der Waals surface area contributed by atoms with Crippen LogP contribution in [0.2, 0.25) is 0 Å². The van der Waals surface area contributed by atoms with Crippen LogP contribution in [0.25, 0.3) is 0 Å². The third kappa shape index (κ3) is 1.79. The van der Waals surface area contributed by atoms with E-state index in [9.17, 15) is 0 Å². The number of methoxy groups -OCH3 is 2. The lowest BCUT2D eigenvalue weighted by molar-refractivity contribution is -0.0376. The minimum atomic E-state index is 0.0159. The van der Waals surface area contributed by atoms with Gasteiger partial charge in [0, 0.05) is 23.6 Å². The molecule has 6 rings (SSSR count). The van der Waals surface area contributed by atoms with E-state index in [2.05, 4.69) is 23.1 Å². The fourth-order valence-corrected chi connectivity index (χ4v) is 6.41. The topological polar surface area (TPSA) is 30.9 Å². The molecule has 2 bridgehead atoms. The number of rotatable bonds is 4. The van der Waals surface area contributed by atoms with Crippen LogP contribution in [0.15, 0.2) is 24.0 Å². The summed E-state index contributed by atoms with van der Waals surface area (Å²) in [6.07, 6.45) is 8.58. The number of hydrogen-bond acceptors (Lipinski definition) is 4. The van der Waals surface area contributed by atoms with E-state index in [1.807, 2.05) is 0 Å². The number of ether oxygens (including phenoxy) is 3. The van der Waals surface area contributed by atoms with E-state index in [0.29, 0.717) is 12.0 Å². The highest BCUT2D eigenvalue weighted by Crippen LogP contribution is 2.64. The van der Waals surface area contributed by atoms with E-state index >= 15 is 0 Å². The van der Waals surface area contributed by atoms with E-state index in [0.717, 1.165) is 36.0 Å². The largest absolute Gasteiger partial charge is 0.497 e. The van der Waals surface area contributed by atoms with E-state index in [1.165, 1.54) is 43.5 Å². The van der Waals surface area contributed by atoms with Crippen LogP contribution in [0, 0.1) is 11.8 Å². The van der Waals surface area contributed by atoms with Crippen LogP contribution < -0.4 is 9.47 Å². The number of piperidine rings is 1. The van der Waals surface area contributed by atoms with Gasteiger partial charge in [-0.3, -0.25) is 4.90 Å². The number of allylic oxidation sites excluding steroid dienone is 1. The van der Waals surface area contributed by atoms with Crippen molar-refractivity contribution in [3.8, 4) is 11.5 Å². The summed E-state index contributed by atoms with van der Waals surface area (Å²) in [6, 6.07) is 5.02. The summed E-state index contributed by atoms with van der Waals surface area (Å²) in [5.74, 6) is 4.45. The van der Waals surface area contributed by atoms with Crippen molar-refractivity contribution in [1.82, 2.24) is 4.90 Å². The second kappa shape index (κ2) is 5.19. The summed E-state index contributed by atoms with van der Waals surface area (Å²) in [4.78, 5) is 2.81. The molecule has 1 unspecified atom stereocenters. The highest BCUT2D eigenvalue weighted by Gasteiger charge is 2.65. The molecule has 1 aromatic carbocycles. The average Bonchev–Trinajstić information content (AvgIpc) is 3.41. The summed E-state index contributed by atoms with van der Waals surface area (Å²) >= 11 is 0. The Morgan fingerprint density at radius 1 is 1.23 bits per heavy atom. The van der Waals surface area contributed by atoms with Crippen molar-refractivity contribution in [3.63, 3.8) is 0 Å². The van der Waals surface area contributed by atoms with Gasteiger partial charge in [-0.05, 0) is 68.2 Å². The quantitative estimate of drug-likeness (QED) is 0.831. The van der Waals surface area contributed by atoms with Crippen molar-refractivity contribution in [1.29, 1.82) is 0 Å².